The van der Waals surface area contributed by atoms with Crippen LogP contribution < -0.4 is 14.4 Å². The van der Waals surface area contributed by atoms with E-state index in [1.54, 1.807) is 53.3 Å². The molecule has 0 spiro atoms. The fourth-order valence-corrected chi connectivity index (χ4v) is 5.67. The molecule has 2 fully saturated rings. The summed E-state index contributed by atoms with van der Waals surface area (Å²) < 4.78 is 33.2. The molecule has 9 heteroatoms. The van der Waals surface area contributed by atoms with Gasteiger partial charge in [0.2, 0.25) is 21.8 Å². The number of likely N-dealkylation sites (tertiary alicyclic amines) is 1. The molecule has 1 atom stereocenters. The molecule has 0 unspecified atom stereocenters. The second kappa shape index (κ2) is 9.52. The molecule has 0 aliphatic carbocycles. The first-order valence-electron chi connectivity index (χ1n) is 11.1. The molecule has 1 N–H and O–H groups in total. The molecule has 8 nitrogen and oxygen atoms in total. The second-order valence-electron chi connectivity index (χ2n) is 8.64. The number of nitrogens with one attached hydrogen (secondary N) is 1. The average molecular weight is 472 g/mol. The molecule has 2 aromatic carbocycles. The summed E-state index contributed by atoms with van der Waals surface area (Å²) in [5.41, 5.74) is 1.75. The zero-order valence-electron chi connectivity index (χ0n) is 18.9. The first-order valence-corrected chi connectivity index (χ1v) is 12.6. The maximum atomic E-state index is 13.1. The first kappa shape index (κ1) is 23.3. The third-order valence-electron chi connectivity index (χ3n) is 6.32. The quantitative estimate of drug-likeness (QED) is 0.698. The zero-order valence-corrected chi connectivity index (χ0v) is 19.7. The predicted octanol–water partition coefficient (Wildman–Crippen LogP) is 2.33. The number of rotatable bonds is 6. The van der Waals surface area contributed by atoms with Gasteiger partial charge in [0.05, 0.1) is 17.9 Å². The molecule has 2 aliphatic rings. The van der Waals surface area contributed by atoms with E-state index in [0.29, 0.717) is 38.2 Å². The minimum absolute atomic E-state index is 0.0424. The Morgan fingerprint density at radius 3 is 2.27 bits per heavy atom. The number of anilines is 1. The van der Waals surface area contributed by atoms with Gasteiger partial charge in [0, 0.05) is 37.8 Å². The smallest absolute Gasteiger partial charge is 0.240 e. The highest BCUT2D eigenvalue weighted by Crippen LogP contribution is 2.28. The van der Waals surface area contributed by atoms with Gasteiger partial charge in [0.25, 0.3) is 0 Å². The molecule has 2 amide bonds. The number of aryl methyl sites for hydroxylation is 1. The molecular formula is C24H29N3O5S. The molecule has 176 valence electrons. The largest absolute Gasteiger partial charge is 0.497 e. The van der Waals surface area contributed by atoms with Crippen LogP contribution in [0, 0.1) is 12.8 Å². The number of piperidine rings is 1. The van der Waals surface area contributed by atoms with Crippen LogP contribution >= 0.6 is 0 Å². The SMILES string of the molecule is COc1ccc(N2C[C@@H](C(=O)N3CCC(NS(=O)(=O)c4ccc(C)cc4)CC3)CC2=O)cc1. The topological polar surface area (TPSA) is 96.0 Å². The van der Waals surface area contributed by atoms with Gasteiger partial charge in [0.15, 0.2) is 0 Å². The summed E-state index contributed by atoms with van der Waals surface area (Å²) in [7, 11) is -2.01. The van der Waals surface area contributed by atoms with Crippen LogP contribution in [0.15, 0.2) is 53.4 Å². The monoisotopic (exact) mass is 471 g/mol. The maximum Gasteiger partial charge on any atom is 0.240 e. The van der Waals surface area contributed by atoms with Gasteiger partial charge in [-0.15, -0.1) is 0 Å². The Bertz CT molecular complexity index is 1110. The zero-order chi connectivity index (χ0) is 23.6. The lowest BCUT2D eigenvalue weighted by molar-refractivity contribution is -0.136. The Morgan fingerprint density at radius 2 is 1.67 bits per heavy atom. The average Bonchev–Trinajstić information content (AvgIpc) is 3.21. The van der Waals surface area contributed by atoms with Crippen molar-refractivity contribution in [3.8, 4) is 5.75 Å². The van der Waals surface area contributed by atoms with Gasteiger partial charge in [-0.3, -0.25) is 9.59 Å². The minimum atomic E-state index is -3.59. The third kappa shape index (κ3) is 5.20. The highest BCUT2D eigenvalue weighted by Gasteiger charge is 2.38. The standard InChI is InChI=1S/C24H29N3O5S/c1-17-3-9-22(10-4-17)33(30,31)25-19-11-13-26(14-12-19)24(29)18-15-23(28)27(16-18)20-5-7-21(32-2)8-6-20/h3-10,18-19,25H,11-16H2,1-2H3/t18-/m0/s1. The molecular weight excluding hydrogens is 442 g/mol. The van der Waals surface area contributed by atoms with Gasteiger partial charge in [0.1, 0.15) is 5.75 Å². The number of carbonyl (C=O) groups is 2. The van der Waals surface area contributed by atoms with Crippen molar-refractivity contribution in [2.24, 2.45) is 5.92 Å². The number of hydrogen-bond donors (Lipinski definition) is 1. The van der Waals surface area contributed by atoms with Crippen LogP contribution in [-0.2, 0) is 19.6 Å². The van der Waals surface area contributed by atoms with Crippen LogP contribution in [0.4, 0.5) is 5.69 Å². The van der Waals surface area contributed by atoms with E-state index in [-0.39, 0.29) is 35.1 Å². The Labute approximate surface area is 194 Å². The summed E-state index contributed by atoms with van der Waals surface area (Å²) in [6.45, 7) is 3.19. The fraction of sp³-hybridized carbons (Fsp3) is 0.417. The Balaban J connectivity index is 1.32. The molecule has 0 saturated carbocycles. The minimum Gasteiger partial charge on any atom is -0.497 e. The van der Waals surface area contributed by atoms with Crippen LogP contribution in [0.1, 0.15) is 24.8 Å². The summed E-state index contributed by atoms with van der Waals surface area (Å²) in [5, 5.41) is 0. The Hall–Kier alpha value is -2.91. The number of ether oxygens (including phenoxy) is 1. The number of hydrogen-bond acceptors (Lipinski definition) is 5. The van der Waals surface area contributed by atoms with E-state index < -0.39 is 10.0 Å². The number of amides is 2. The molecule has 2 aliphatic heterocycles. The van der Waals surface area contributed by atoms with Gasteiger partial charge < -0.3 is 14.5 Å². The Kier molecular flexibility index (Phi) is 6.71. The second-order valence-corrected chi connectivity index (χ2v) is 10.4. The predicted molar refractivity (Wildman–Crippen MR) is 125 cm³/mol. The van der Waals surface area contributed by atoms with Crippen molar-refractivity contribution >= 4 is 27.5 Å². The number of benzene rings is 2. The highest BCUT2D eigenvalue weighted by atomic mass is 32.2. The molecule has 33 heavy (non-hydrogen) atoms. The molecule has 0 bridgehead atoms. The first-order chi connectivity index (χ1) is 15.8. The van der Waals surface area contributed by atoms with E-state index in [0.717, 1.165) is 11.3 Å². The summed E-state index contributed by atoms with van der Waals surface area (Å²) in [6, 6.07) is 13.7. The van der Waals surface area contributed by atoms with Crippen LogP contribution in [0.25, 0.3) is 0 Å². The van der Waals surface area contributed by atoms with Gasteiger partial charge in [-0.25, -0.2) is 13.1 Å². The van der Waals surface area contributed by atoms with E-state index in [2.05, 4.69) is 4.72 Å². The molecule has 2 heterocycles. The number of carbonyl (C=O) groups excluding carboxylic acids is 2. The number of methoxy groups -OCH3 is 1. The third-order valence-corrected chi connectivity index (χ3v) is 7.85. The summed E-state index contributed by atoms with van der Waals surface area (Å²) in [6.07, 6.45) is 1.27. The van der Waals surface area contributed by atoms with E-state index >= 15 is 0 Å². The van der Waals surface area contributed by atoms with E-state index in [1.807, 2.05) is 19.1 Å². The van der Waals surface area contributed by atoms with Crippen molar-refractivity contribution in [2.45, 2.75) is 37.1 Å². The van der Waals surface area contributed by atoms with Crippen molar-refractivity contribution in [1.29, 1.82) is 0 Å². The van der Waals surface area contributed by atoms with Crippen molar-refractivity contribution in [3.05, 3.63) is 54.1 Å². The lowest BCUT2D eigenvalue weighted by Crippen LogP contribution is -2.48. The summed E-state index contributed by atoms with van der Waals surface area (Å²) >= 11 is 0. The van der Waals surface area contributed by atoms with E-state index in [4.69, 9.17) is 4.74 Å². The van der Waals surface area contributed by atoms with Crippen molar-refractivity contribution in [3.63, 3.8) is 0 Å². The highest BCUT2D eigenvalue weighted by molar-refractivity contribution is 7.89. The van der Waals surface area contributed by atoms with Gasteiger partial charge >= 0.3 is 0 Å². The van der Waals surface area contributed by atoms with Crippen LogP contribution in [0.5, 0.6) is 5.75 Å². The molecule has 2 aromatic rings. The molecule has 0 radical (unpaired) electrons. The van der Waals surface area contributed by atoms with E-state index in [9.17, 15) is 18.0 Å². The van der Waals surface area contributed by atoms with Gasteiger partial charge in [-0.1, -0.05) is 17.7 Å². The summed E-state index contributed by atoms with van der Waals surface area (Å²) in [5.74, 6) is 0.206. The van der Waals surface area contributed by atoms with Gasteiger partial charge in [-0.2, -0.15) is 0 Å². The number of nitrogens with zero attached hydrogens (tertiary/aromatic N) is 2. The normalized spacial score (nSPS) is 19.7. The number of sulfonamides is 1. The van der Waals surface area contributed by atoms with Gasteiger partial charge in [-0.05, 0) is 56.2 Å². The molecule has 4 rings (SSSR count). The maximum absolute atomic E-state index is 13.1. The molecule has 2 saturated heterocycles. The van der Waals surface area contributed by atoms with Crippen molar-refractivity contribution in [1.82, 2.24) is 9.62 Å². The van der Waals surface area contributed by atoms with Crippen LogP contribution in [-0.4, -0.2) is 57.9 Å². The molecule has 0 aromatic heterocycles. The van der Waals surface area contributed by atoms with Crippen LogP contribution in [0.2, 0.25) is 0 Å². The van der Waals surface area contributed by atoms with Crippen molar-refractivity contribution in [2.75, 3.05) is 31.6 Å². The van der Waals surface area contributed by atoms with E-state index in [1.165, 1.54) is 0 Å². The fourth-order valence-electron chi connectivity index (χ4n) is 4.37. The van der Waals surface area contributed by atoms with Crippen molar-refractivity contribution < 1.29 is 22.7 Å². The van der Waals surface area contributed by atoms with Crippen LogP contribution in [0.3, 0.4) is 0 Å². The summed E-state index contributed by atoms with van der Waals surface area (Å²) in [4.78, 5) is 29.2. The Morgan fingerprint density at radius 1 is 1.03 bits per heavy atom. The lowest BCUT2D eigenvalue weighted by atomic mass is 10.0. The lowest BCUT2D eigenvalue weighted by Gasteiger charge is -2.33.